The lowest BCUT2D eigenvalue weighted by Crippen LogP contribution is -2.32. The van der Waals surface area contributed by atoms with E-state index in [1.165, 1.54) is 10.5 Å². The zero-order valence-corrected chi connectivity index (χ0v) is 13.4. The van der Waals surface area contributed by atoms with Crippen LogP contribution in [-0.2, 0) is 15.3 Å². The van der Waals surface area contributed by atoms with Crippen molar-refractivity contribution in [2.45, 2.75) is 29.6 Å². The first-order valence-electron chi connectivity index (χ1n) is 6.87. The van der Waals surface area contributed by atoms with Crippen LogP contribution in [0.15, 0.2) is 29.2 Å². The summed E-state index contributed by atoms with van der Waals surface area (Å²) in [6.45, 7) is 1.49. The molecule has 110 valence electrons. The van der Waals surface area contributed by atoms with Gasteiger partial charge in [-0.3, -0.25) is 4.79 Å². The predicted octanol–water partition coefficient (Wildman–Crippen LogP) is 2.94. The van der Waals surface area contributed by atoms with E-state index in [2.05, 4.69) is 35.8 Å². The molecule has 0 saturated carbocycles. The topological polar surface area (TPSA) is 38.3 Å². The molecule has 0 radical (unpaired) electrons. The molecule has 5 heteroatoms. The van der Waals surface area contributed by atoms with E-state index < -0.39 is 0 Å². The Balaban J connectivity index is 1.60. The number of thioether (sulfide) groups is 2. The Kier molecular flexibility index (Phi) is 6.76. The van der Waals surface area contributed by atoms with Crippen LogP contribution in [0.1, 0.15) is 18.4 Å². The van der Waals surface area contributed by atoms with Gasteiger partial charge in [0.1, 0.15) is 0 Å². The van der Waals surface area contributed by atoms with E-state index in [1.807, 2.05) is 0 Å². The molecule has 1 aliphatic rings. The van der Waals surface area contributed by atoms with E-state index in [4.69, 9.17) is 4.74 Å². The number of amides is 1. The van der Waals surface area contributed by atoms with Crippen LogP contribution in [0.5, 0.6) is 0 Å². The fraction of sp³-hybridized carbons (Fsp3) is 0.533. The molecule has 3 nitrogen and oxygen atoms in total. The van der Waals surface area contributed by atoms with Crippen LogP contribution in [0, 0.1) is 0 Å². The summed E-state index contributed by atoms with van der Waals surface area (Å²) in [7, 11) is 0. The van der Waals surface area contributed by atoms with E-state index in [9.17, 15) is 4.79 Å². The van der Waals surface area contributed by atoms with Crippen LogP contribution in [0.2, 0.25) is 0 Å². The highest BCUT2D eigenvalue weighted by atomic mass is 32.2. The van der Waals surface area contributed by atoms with Gasteiger partial charge in [-0.1, -0.05) is 12.1 Å². The molecule has 1 aromatic carbocycles. The number of nitrogens with one attached hydrogen (secondary N) is 1. The van der Waals surface area contributed by atoms with E-state index in [-0.39, 0.29) is 12.0 Å². The standard InChI is InChI=1S/C15H21NO2S2/c1-19-14-6-4-12(5-7-14)10-20-11-15(17)16-9-13-3-2-8-18-13/h4-7,13H,2-3,8-11H2,1H3,(H,16,17)/t13-/m0/s1. The highest BCUT2D eigenvalue weighted by Gasteiger charge is 2.15. The van der Waals surface area contributed by atoms with Crippen molar-refractivity contribution in [3.63, 3.8) is 0 Å². The zero-order valence-electron chi connectivity index (χ0n) is 11.8. The van der Waals surface area contributed by atoms with Crippen molar-refractivity contribution in [2.24, 2.45) is 0 Å². The van der Waals surface area contributed by atoms with Crippen LogP contribution in [0.4, 0.5) is 0 Å². The molecular formula is C15H21NO2S2. The highest BCUT2D eigenvalue weighted by molar-refractivity contribution is 7.99. The van der Waals surface area contributed by atoms with Crippen LogP contribution >= 0.6 is 23.5 Å². The summed E-state index contributed by atoms with van der Waals surface area (Å²) in [5.41, 5.74) is 1.26. The number of hydrogen-bond acceptors (Lipinski definition) is 4. The second-order valence-corrected chi connectivity index (χ2v) is 6.65. The lowest BCUT2D eigenvalue weighted by molar-refractivity contribution is -0.119. The molecule has 1 fully saturated rings. The molecule has 0 unspecified atom stereocenters. The minimum atomic E-state index is 0.103. The van der Waals surface area contributed by atoms with Gasteiger partial charge in [0, 0.05) is 23.8 Å². The Hall–Kier alpha value is -0.650. The maximum Gasteiger partial charge on any atom is 0.230 e. The largest absolute Gasteiger partial charge is 0.376 e. The normalized spacial score (nSPS) is 18.1. The highest BCUT2D eigenvalue weighted by Crippen LogP contribution is 2.18. The third-order valence-corrected chi connectivity index (χ3v) is 4.96. The first-order valence-corrected chi connectivity index (χ1v) is 9.25. The van der Waals surface area contributed by atoms with Crippen LogP contribution in [0.3, 0.4) is 0 Å². The molecule has 2 rings (SSSR count). The summed E-state index contributed by atoms with van der Waals surface area (Å²) in [5.74, 6) is 1.49. The van der Waals surface area contributed by atoms with Gasteiger partial charge in [0.15, 0.2) is 0 Å². The Morgan fingerprint density at radius 1 is 1.40 bits per heavy atom. The van der Waals surface area contributed by atoms with Crippen molar-refractivity contribution in [1.29, 1.82) is 0 Å². The Labute approximate surface area is 129 Å². The molecule has 0 aliphatic carbocycles. The molecule has 0 spiro atoms. The van der Waals surface area contributed by atoms with Gasteiger partial charge < -0.3 is 10.1 Å². The van der Waals surface area contributed by atoms with Gasteiger partial charge >= 0.3 is 0 Å². The number of rotatable bonds is 7. The number of benzene rings is 1. The molecule has 1 heterocycles. The summed E-state index contributed by atoms with van der Waals surface area (Å²) in [4.78, 5) is 13.0. The van der Waals surface area contributed by atoms with Crippen LogP contribution in [0.25, 0.3) is 0 Å². The molecule has 0 aromatic heterocycles. The van der Waals surface area contributed by atoms with Gasteiger partial charge in [-0.05, 0) is 36.8 Å². The summed E-state index contributed by atoms with van der Waals surface area (Å²) >= 11 is 3.39. The van der Waals surface area contributed by atoms with E-state index in [1.54, 1.807) is 23.5 Å². The van der Waals surface area contributed by atoms with Crippen molar-refractivity contribution < 1.29 is 9.53 Å². The van der Waals surface area contributed by atoms with Crippen LogP contribution in [-0.4, -0.2) is 37.2 Å². The molecule has 20 heavy (non-hydrogen) atoms. The summed E-state index contributed by atoms with van der Waals surface area (Å²) in [6.07, 6.45) is 4.47. The fourth-order valence-corrected chi connectivity index (χ4v) is 3.29. The van der Waals surface area contributed by atoms with Crippen LogP contribution < -0.4 is 5.32 Å². The lowest BCUT2D eigenvalue weighted by Gasteiger charge is -2.10. The average Bonchev–Trinajstić information content (AvgIpc) is 2.99. The van der Waals surface area contributed by atoms with Gasteiger partial charge in [0.2, 0.25) is 5.91 Å². The summed E-state index contributed by atoms with van der Waals surface area (Å²) < 4.78 is 5.48. The molecule has 1 N–H and O–H groups in total. The van der Waals surface area contributed by atoms with E-state index >= 15 is 0 Å². The van der Waals surface area contributed by atoms with Crippen molar-refractivity contribution in [1.82, 2.24) is 5.32 Å². The predicted molar refractivity (Wildman–Crippen MR) is 86.4 cm³/mol. The minimum Gasteiger partial charge on any atom is -0.376 e. The molecule has 1 aliphatic heterocycles. The quantitative estimate of drug-likeness (QED) is 0.786. The zero-order chi connectivity index (χ0) is 14.2. The molecule has 1 amide bonds. The summed E-state index contributed by atoms with van der Waals surface area (Å²) in [5, 5.41) is 2.94. The third-order valence-electron chi connectivity index (χ3n) is 3.21. The molecule has 1 aromatic rings. The SMILES string of the molecule is CSc1ccc(CSCC(=O)NC[C@@H]2CCCO2)cc1. The van der Waals surface area contributed by atoms with Crippen molar-refractivity contribution in [3.05, 3.63) is 29.8 Å². The van der Waals surface area contributed by atoms with Crippen molar-refractivity contribution in [2.75, 3.05) is 25.2 Å². The molecular weight excluding hydrogens is 290 g/mol. The molecule has 0 bridgehead atoms. The first-order chi connectivity index (χ1) is 9.78. The smallest absolute Gasteiger partial charge is 0.230 e. The van der Waals surface area contributed by atoms with Gasteiger partial charge in [0.05, 0.1) is 11.9 Å². The van der Waals surface area contributed by atoms with Crippen molar-refractivity contribution >= 4 is 29.4 Å². The number of ether oxygens (including phenoxy) is 1. The molecule has 1 atom stereocenters. The minimum absolute atomic E-state index is 0.103. The second-order valence-electron chi connectivity index (χ2n) is 4.78. The Morgan fingerprint density at radius 3 is 2.85 bits per heavy atom. The lowest BCUT2D eigenvalue weighted by atomic mass is 10.2. The van der Waals surface area contributed by atoms with Gasteiger partial charge in [-0.2, -0.15) is 0 Å². The first kappa shape index (κ1) is 15.7. The monoisotopic (exact) mass is 311 g/mol. The molecule has 1 saturated heterocycles. The van der Waals surface area contributed by atoms with Crippen molar-refractivity contribution in [3.8, 4) is 0 Å². The van der Waals surface area contributed by atoms with Gasteiger partial charge in [-0.15, -0.1) is 23.5 Å². The number of carbonyl (C=O) groups is 1. The van der Waals surface area contributed by atoms with Gasteiger partial charge in [-0.25, -0.2) is 0 Å². The Morgan fingerprint density at radius 2 is 2.20 bits per heavy atom. The Bertz CT molecular complexity index is 416. The number of carbonyl (C=O) groups excluding carboxylic acids is 1. The van der Waals surface area contributed by atoms with E-state index in [0.29, 0.717) is 12.3 Å². The van der Waals surface area contributed by atoms with E-state index in [0.717, 1.165) is 25.2 Å². The average molecular weight is 311 g/mol. The maximum absolute atomic E-state index is 11.7. The fourth-order valence-electron chi connectivity index (χ4n) is 2.07. The number of hydrogen-bond donors (Lipinski definition) is 1. The third kappa shape index (κ3) is 5.38. The van der Waals surface area contributed by atoms with Gasteiger partial charge in [0.25, 0.3) is 0 Å². The second kappa shape index (κ2) is 8.60. The maximum atomic E-state index is 11.7. The summed E-state index contributed by atoms with van der Waals surface area (Å²) in [6, 6.07) is 8.50.